The van der Waals surface area contributed by atoms with Crippen molar-refractivity contribution in [1.82, 2.24) is 9.88 Å². The van der Waals surface area contributed by atoms with Crippen LogP contribution in [-0.4, -0.2) is 54.3 Å². The summed E-state index contributed by atoms with van der Waals surface area (Å²) in [6, 6.07) is 3.10. The number of aromatic amines is 1. The zero-order valence-electron chi connectivity index (χ0n) is 13.9. The van der Waals surface area contributed by atoms with E-state index in [9.17, 15) is 9.59 Å². The van der Waals surface area contributed by atoms with Crippen LogP contribution in [0.2, 0.25) is 0 Å². The lowest BCUT2D eigenvalue weighted by Gasteiger charge is -2.43. The first kappa shape index (κ1) is 16.2. The molecule has 0 spiro atoms. The van der Waals surface area contributed by atoms with Gasteiger partial charge >= 0.3 is 0 Å². The van der Waals surface area contributed by atoms with Gasteiger partial charge in [0.05, 0.1) is 17.7 Å². The number of ether oxygens (including phenoxy) is 2. The molecule has 1 aromatic heterocycles. The van der Waals surface area contributed by atoms with Gasteiger partial charge in [-0.05, 0) is 38.7 Å². The second-order valence-corrected chi connectivity index (χ2v) is 6.58. The van der Waals surface area contributed by atoms with Gasteiger partial charge in [-0.2, -0.15) is 0 Å². The molecule has 6 heteroatoms. The Balaban J connectivity index is 1.90. The summed E-state index contributed by atoms with van der Waals surface area (Å²) >= 11 is 0. The van der Waals surface area contributed by atoms with Crippen LogP contribution in [0.1, 0.15) is 41.7 Å². The van der Waals surface area contributed by atoms with Gasteiger partial charge in [-0.25, -0.2) is 0 Å². The number of fused-ring (bicyclic) bond motifs is 1. The number of nitrogens with zero attached hydrogens (tertiary/aromatic N) is 1. The molecule has 2 heterocycles. The number of aromatic nitrogens is 1. The molecule has 1 saturated carbocycles. The highest BCUT2D eigenvalue weighted by Gasteiger charge is 2.52. The van der Waals surface area contributed by atoms with Crippen LogP contribution in [0.3, 0.4) is 0 Å². The van der Waals surface area contributed by atoms with E-state index in [0.717, 1.165) is 25.7 Å². The quantitative estimate of drug-likeness (QED) is 0.916. The first-order chi connectivity index (χ1) is 11.0. The number of carbonyl (C=O) groups excluding carboxylic acids is 1. The molecule has 3 atom stereocenters. The number of carbonyl (C=O) groups is 1. The maximum absolute atomic E-state index is 12.9. The number of aryl methyl sites for hydroxylation is 1. The number of H-pyrrole nitrogens is 1. The van der Waals surface area contributed by atoms with Crippen molar-refractivity contribution in [3.05, 3.63) is 33.7 Å². The van der Waals surface area contributed by atoms with E-state index >= 15 is 0 Å². The molecule has 1 amide bonds. The highest BCUT2D eigenvalue weighted by atomic mass is 16.5. The summed E-state index contributed by atoms with van der Waals surface area (Å²) in [7, 11) is 3.44. The fourth-order valence-electron chi connectivity index (χ4n) is 4.09. The molecule has 6 nitrogen and oxygen atoms in total. The number of rotatable bonds is 3. The minimum absolute atomic E-state index is 0.00158. The van der Waals surface area contributed by atoms with Gasteiger partial charge in [-0.3, -0.25) is 9.59 Å². The molecule has 1 aliphatic carbocycles. The average Bonchev–Trinajstić information content (AvgIpc) is 2.92. The summed E-state index contributed by atoms with van der Waals surface area (Å²) in [5.41, 5.74) is 0.610. The fourth-order valence-corrected chi connectivity index (χ4v) is 4.09. The molecular weight excluding hydrogens is 296 g/mol. The number of pyridine rings is 1. The van der Waals surface area contributed by atoms with Gasteiger partial charge in [-0.15, -0.1) is 0 Å². The van der Waals surface area contributed by atoms with Crippen molar-refractivity contribution in [2.45, 2.75) is 50.4 Å². The second-order valence-electron chi connectivity index (χ2n) is 6.58. The Bertz CT molecular complexity index is 656. The number of hydrogen-bond acceptors (Lipinski definition) is 4. The van der Waals surface area contributed by atoms with Crippen molar-refractivity contribution in [1.29, 1.82) is 0 Å². The standard InChI is InChI=1S/C17H24N2O4/c1-11-8-12(9-15(20)18-11)16(21)19-7-6-17(23-3)5-4-13(22-2)10-14(17)19/h8-9,13-14H,4-7,10H2,1-3H3,(H,18,20)/t13?,14?,17-/m1/s1. The van der Waals surface area contributed by atoms with Crippen LogP contribution in [-0.2, 0) is 9.47 Å². The van der Waals surface area contributed by atoms with Crippen LogP contribution in [0.5, 0.6) is 0 Å². The molecule has 1 saturated heterocycles. The maximum atomic E-state index is 12.9. The van der Waals surface area contributed by atoms with Gasteiger partial charge in [0, 0.05) is 38.1 Å². The molecule has 0 radical (unpaired) electrons. The van der Waals surface area contributed by atoms with E-state index in [1.807, 2.05) is 4.90 Å². The molecule has 0 aromatic carbocycles. The molecule has 3 rings (SSSR count). The third-order valence-corrected chi connectivity index (χ3v) is 5.36. The van der Waals surface area contributed by atoms with Crippen LogP contribution in [0.4, 0.5) is 0 Å². The van der Waals surface area contributed by atoms with E-state index in [4.69, 9.17) is 9.47 Å². The normalized spacial score (nSPS) is 30.3. The topological polar surface area (TPSA) is 71.6 Å². The molecule has 0 bridgehead atoms. The van der Waals surface area contributed by atoms with Crippen LogP contribution < -0.4 is 5.56 Å². The smallest absolute Gasteiger partial charge is 0.254 e. The van der Waals surface area contributed by atoms with Crippen molar-refractivity contribution < 1.29 is 14.3 Å². The lowest BCUT2D eigenvalue weighted by atomic mass is 9.79. The van der Waals surface area contributed by atoms with E-state index in [-0.39, 0.29) is 29.2 Å². The molecule has 1 aromatic rings. The molecule has 1 N–H and O–H groups in total. The Morgan fingerprint density at radius 2 is 2.13 bits per heavy atom. The average molecular weight is 320 g/mol. The van der Waals surface area contributed by atoms with Crippen molar-refractivity contribution in [3.63, 3.8) is 0 Å². The number of nitrogens with one attached hydrogen (secondary N) is 1. The lowest BCUT2D eigenvalue weighted by Crippen LogP contribution is -2.53. The predicted molar refractivity (Wildman–Crippen MR) is 85.6 cm³/mol. The van der Waals surface area contributed by atoms with Crippen molar-refractivity contribution in [3.8, 4) is 0 Å². The molecule has 23 heavy (non-hydrogen) atoms. The predicted octanol–water partition coefficient (Wildman–Crippen LogP) is 1.48. The van der Waals surface area contributed by atoms with E-state index < -0.39 is 0 Å². The van der Waals surface area contributed by atoms with Gasteiger partial charge < -0.3 is 19.4 Å². The van der Waals surface area contributed by atoms with E-state index in [2.05, 4.69) is 4.98 Å². The zero-order valence-corrected chi connectivity index (χ0v) is 13.9. The molecule has 2 fully saturated rings. The zero-order chi connectivity index (χ0) is 16.6. The number of hydrogen-bond donors (Lipinski definition) is 1. The minimum atomic E-state index is -0.277. The van der Waals surface area contributed by atoms with E-state index in [1.165, 1.54) is 6.07 Å². The minimum Gasteiger partial charge on any atom is -0.381 e. The van der Waals surface area contributed by atoms with E-state index in [1.54, 1.807) is 27.2 Å². The molecule has 2 aliphatic rings. The number of amides is 1. The largest absolute Gasteiger partial charge is 0.381 e. The van der Waals surface area contributed by atoms with E-state index in [0.29, 0.717) is 17.8 Å². The summed E-state index contributed by atoms with van der Waals surface area (Å²) in [4.78, 5) is 29.1. The van der Waals surface area contributed by atoms with Crippen molar-refractivity contribution >= 4 is 5.91 Å². The third-order valence-electron chi connectivity index (χ3n) is 5.36. The maximum Gasteiger partial charge on any atom is 0.254 e. The van der Waals surface area contributed by atoms with Gasteiger partial charge in [0.1, 0.15) is 0 Å². The Morgan fingerprint density at radius 3 is 2.78 bits per heavy atom. The highest BCUT2D eigenvalue weighted by Crippen LogP contribution is 2.43. The summed E-state index contributed by atoms with van der Waals surface area (Å²) in [5, 5.41) is 0. The molecular formula is C17H24N2O4. The first-order valence-electron chi connectivity index (χ1n) is 8.09. The summed E-state index contributed by atoms with van der Waals surface area (Å²) in [6.07, 6.45) is 3.60. The molecule has 2 unspecified atom stereocenters. The van der Waals surface area contributed by atoms with Crippen LogP contribution >= 0.6 is 0 Å². The third kappa shape index (κ3) is 2.81. The Kier molecular flexibility index (Phi) is 4.29. The highest BCUT2D eigenvalue weighted by molar-refractivity contribution is 5.94. The van der Waals surface area contributed by atoms with Gasteiger partial charge in [0.15, 0.2) is 0 Å². The molecule has 126 valence electrons. The molecule has 1 aliphatic heterocycles. The van der Waals surface area contributed by atoms with Gasteiger partial charge in [-0.1, -0.05) is 0 Å². The Morgan fingerprint density at radius 1 is 1.35 bits per heavy atom. The van der Waals surface area contributed by atoms with Gasteiger partial charge in [0.2, 0.25) is 5.56 Å². The van der Waals surface area contributed by atoms with Crippen molar-refractivity contribution in [2.24, 2.45) is 0 Å². The summed E-state index contributed by atoms with van der Waals surface area (Å²) < 4.78 is 11.4. The Hall–Kier alpha value is -1.66. The Labute approximate surface area is 135 Å². The first-order valence-corrected chi connectivity index (χ1v) is 8.09. The second kappa shape index (κ2) is 6.09. The fraction of sp³-hybridized carbons (Fsp3) is 0.647. The summed E-state index contributed by atoms with van der Waals surface area (Å²) in [6.45, 7) is 2.43. The van der Waals surface area contributed by atoms with Crippen LogP contribution in [0, 0.1) is 6.92 Å². The summed E-state index contributed by atoms with van der Waals surface area (Å²) in [5.74, 6) is -0.0973. The van der Waals surface area contributed by atoms with Gasteiger partial charge in [0.25, 0.3) is 5.91 Å². The lowest BCUT2D eigenvalue weighted by molar-refractivity contribution is -0.0893. The van der Waals surface area contributed by atoms with Crippen molar-refractivity contribution in [2.75, 3.05) is 20.8 Å². The number of methoxy groups -OCH3 is 2. The van der Waals surface area contributed by atoms with Crippen LogP contribution in [0.25, 0.3) is 0 Å². The number of likely N-dealkylation sites (tertiary alicyclic amines) is 1. The monoisotopic (exact) mass is 320 g/mol. The SMILES string of the molecule is COC1CC[C@@]2(OC)CCN(C(=O)c3cc(C)[nH]c(=O)c3)C2C1. The van der Waals surface area contributed by atoms with Crippen LogP contribution in [0.15, 0.2) is 16.9 Å².